The van der Waals surface area contributed by atoms with Gasteiger partial charge in [-0.25, -0.2) is 4.99 Å². The van der Waals surface area contributed by atoms with E-state index in [0.29, 0.717) is 30.4 Å². The summed E-state index contributed by atoms with van der Waals surface area (Å²) >= 11 is 0. The molecule has 0 aliphatic heterocycles. The Kier molecular flexibility index (Phi) is 6.89. The Morgan fingerprint density at radius 1 is 1.07 bits per heavy atom. The van der Waals surface area contributed by atoms with Gasteiger partial charge in [0.05, 0.1) is 13.1 Å². The van der Waals surface area contributed by atoms with Crippen LogP contribution in [0.3, 0.4) is 0 Å². The number of rotatable bonds is 7. The lowest BCUT2D eigenvalue weighted by Gasteiger charge is -2.14. The molecule has 0 aliphatic rings. The molecule has 3 rings (SSSR count). The Hall–Kier alpha value is -3.56. The number of para-hydroxylation sites is 2. The van der Waals surface area contributed by atoms with Gasteiger partial charge in [0, 0.05) is 17.8 Å². The lowest BCUT2D eigenvalue weighted by atomic mass is 10.2. The van der Waals surface area contributed by atoms with Crippen molar-refractivity contribution in [3.63, 3.8) is 0 Å². The van der Waals surface area contributed by atoms with Gasteiger partial charge in [0.25, 0.3) is 0 Å². The van der Waals surface area contributed by atoms with Gasteiger partial charge in [-0.15, -0.1) is 23.4 Å². The first-order valence-corrected chi connectivity index (χ1v) is 9.26. The monoisotopic (exact) mass is 418 g/mol. The normalized spacial score (nSPS) is 11.9. The summed E-state index contributed by atoms with van der Waals surface area (Å²) in [5, 5.41) is 14.3. The first-order chi connectivity index (χ1) is 14.5. The Bertz CT molecular complexity index is 972. The average Bonchev–Trinajstić information content (AvgIpc) is 3.19. The van der Waals surface area contributed by atoms with E-state index in [2.05, 4.69) is 30.6 Å². The minimum Gasteiger partial charge on any atom is -0.405 e. The minimum absolute atomic E-state index is 0.00691. The van der Waals surface area contributed by atoms with Gasteiger partial charge < -0.3 is 15.4 Å². The molecule has 0 atom stereocenters. The van der Waals surface area contributed by atoms with Crippen molar-refractivity contribution in [1.29, 1.82) is 0 Å². The van der Waals surface area contributed by atoms with Crippen molar-refractivity contribution >= 4 is 5.96 Å². The molecule has 0 bridgehead atoms. The van der Waals surface area contributed by atoms with Crippen LogP contribution in [-0.4, -0.2) is 33.6 Å². The number of aliphatic imine (C=N–C) groups is 1. The van der Waals surface area contributed by atoms with Gasteiger partial charge in [0.1, 0.15) is 12.1 Å². The topological polar surface area (TPSA) is 76.4 Å². The molecule has 1 aromatic heterocycles. The predicted molar refractivity (Wildman–Crippen MR) is 106 cm³/mol. The van der Waals surface area contributed by atoms with Gasteiger partial charge >= 0.3 is 6.36 Å². The molecule has 0 spiro atoms. The quantitative estimate of drug-likeness (QED) is 0.454. The van der Waals surface area contributed by atoms with E-state index in [9.17, 15) is 13.2 Å². The van der Waals surface area contributed by atoms with Crippen LogP contribution in [0.4, 0.5) is 13.2 Å². The highest BCUT2D eigenvalue weighted by Gasteiger charge is 2.31. The molecule has 0 fully saturated rings. The summed E-state index contributed by atoms with van der Waals surface area (Å²) in [6.45, 7) is 2.80. The standard InChI is InChI=1S/C20H21F3N6O/c1-2-24-19(25-12-15-8-6-7-11-17(15)30-20(21,22)23)26-13-18-28-27-14-29(18)16-9-4-3-5-10-16/h3-11,14H,2,12-13H2,1H3,(H2,24,25,26). The first kappa shape index (κ1) is 21.2. The molecule has 3 aromatic rings. The molecule has 30 heavy (non-hydrogen) atoms. The first-order valence-electron chi connectivity index (χ1n) is 9.26. The van der Waals surface area contributed by atoms with Crippen LogP contribution in [0.25, 0.3) is 5.69 Å². The van der Waals surface area contributed by atoms with Crippen molar-refractivity contribution in [1.82, 2.24) is 25.4 Å². The second-order valence-electron chi connectivity index (χ2n) is 6.16. The van der Waals surface area contributed by atoms with Crippen molar-refractivity contribution in [2.24, 2.45) is 4.99 Å². The summed E-state index contributed by atoms with van der Waals surface area (Å²) in [6.07, 6.45) is -3.15. The van der Waals surface area contributed by atoms with Gasteiger partial charge in [0.2, 0.25) is 0 Å². The number of ether oxygens (including phenoxy) is 1. The molecule has 0 amide bonds. The van der Waals surface area contributed by atoms with Gasteiger partial charge in [-0.2, -0.15) is 0 Å². The van der Waals surface area contributed by atoms with Gasteiger partial charge in [-0.05, 0) is 25.1 Å². The van der Waals surface area contributed by atoms with Crippen LogP contribution in [0, 0.1) is 0 Å². The maximum absolute atomic E-state index is 12.6. The van der Waals surface area contributed by atoms with E-state index in [0.717, 1.165) is 5.69 Å². The molecular formula is C20H21F3N6O. The summed E-state index contributed by atoms with van der Waals surface area (Å²) < 4.78 is 43.7. The highest BCUT2D eigenvalue weighted by Crippen LogP contribution is 2.26. The fourth-order valence-electron chi connectivity index (χ4n) is 2.71. The molecule has 2 aromatic carbocycles. The summed E-state index contributed by atoms with van der Waals surface area (Å²) in [4.78, 5) is 4.37. The second kappa shape index (κ2) is 9.77. The van der Waals surface area contributed by atoms with Crippen molar-refractivity contribution in [2.45, 2.75) is 26.4 Å². The second-order valence-corrected chi connectivity index (χ2v) is 6.16. The molecule has 0 saturated heterocycles. The summed E-state index contributed by atoms with van der Waals surface area (Å²) in [7, 11) is 0. The van der Waals surface area contributed by atoms with Gasteiger partial charge in [-0.3, -0.25) is 4.57 Å². The number of alkyl halides is 3. The number of nitrogens with one attached hydrogen (secondary N) is 2. The predicted octanol–water partition coefficient (Wildman–Crippen LogP) is 3.42. The molecular weight excluding hydrogens is 397 g/mol. The number of hydrogen-bond acceptors (Lipinski definition) is 4. The summed E-state index contributed by atoms with van der Waals surface area (Å²) in [5.74, 6) is 0.822. The molecule has 10 heteroatoms. The third kappa shape index (κ3) is 5.97. The number of guanidine groups is 1. The van der Waals surface area contributed by atoms with Crippen LogP contribution < -0.4 is 15.4 Å². The number of nitrogens with zero attached hydrogens (tertiary/aromatic N) is 4. The number of benzene rings is 2. The third-order valence-corrected chi connectivity index (χ3v) is 4.02. The van der Waals surface area contributed by atoms with Crippen LogP contribution >= 0.6 is 0 Å². The van der Waals surface area contributed by atoms with Crippen molar-refractivity contribution in [3.8, 4) is 11.4 Å². The zero-order chi connectivity index (χ0) is 21.4. The summed E-state index contributed by atoms with van der Waals surface area (Å²) in [6, 6.07) is 15.5. The van der Waals surface area contributed by atoms with E-state index in [4.69, 9.17) is 0 Å². The lowest BCUT2D eigenvalue weighted by molar-refractivity contribution is -0.274. The minimum atomic E-state index is -4.76. The smallest absolute Gasteiger partial charge is 0.405 e. The number of hydrogen-bond donors (Lipinski definition) is 2. The van der Waals surface area contributed by atoms with Crippen molar-refractivity contribution in [3.05, 3.63) is 72.3 Å². The van der Waals surface area contributed by atoms with Crippen molar-refractivity contribution in [2.75, 3.05) is 6.54 Å². The Morgan fingerprint density at radius 3 is 2.53 bits per heavy atom. The van der Waals surface area contributed by atoms with E-state index in [1.165, 1.54) is 12.1 Å². The molecule has 0 aliphatic carbocycles. The van der Waals surface area contributed by atoms with E-state index in [-0.39, 0.29) is 12.3 Å². The Labute approximate surface area is 171 Å². The Morgan fingerprint density at radius 2 is 1.80 bits per heavy atom. The van der Waals surface area contributed by atoms with Crippen LogP contribution in [0.5, 0.6) is 5.75 Å². The zero-order valence-electron chi connectivity index (χ0n) is 16.2. The van der Waals surface area contributed by atoms with Crippen LogP contribution in [0.15, 0.2) is 65.9 Å². The molecule has 2 N–H and O–H groups in total. The van der Waals surface area contributed by atoms with Crippen LogP contribution in [0.1, 0.15) is 18.3 Å². The highest BCUT2D eigenvalue weighted by atomic mass is 19.4. The molecule has 0 unspecified atom stereocenters. The molecule has 158 valence electrons. The van der Waals surface area contributed by atoms with Crippen molar-refractivity contribution < 1.29 is 17.9 Å². The fourth-order valence-corrected chi connectivity index (χ4v) is 2.71. The number of halogens is 3. The van der Waals surface area contributed by atoms with E-state index < -0.39 is 6.36 Å². The Balaban J connectivity index is 1.71. The van der Waals surface area contributed by atoms with E-state index in [1.54, 1.807) is 18.5 Å². The SMILES string of the molecule is CCNC(=NCc1ccccc1OC(F)(F)F)NCc1nncn1-c1ccccc1. The molecule has 0 radical (unpaired) electrons. The van der Waals surface area contributed by atoms with Gasteiger partial charge in [0.15, 0.2) is 11.8 Å². The third-order valence-electron chi connectivity index (χ3n) is 4.02. The largest absolute Gasteiger partial charge is 0.573 e. The molecule has 0 saturated carbocycles. The lowest BCUT2D eigenvalue weighted by Crippen LogP contribution is -2.37. The summed E-state index contributed by atoms with van der Waals surface area (Å²) in [5.41, 5.74) is 1.24. The van der Waals surface area contributed by atoms with E-state index >= 15 is 0 Å². The zero-order valence-corrected chi connectivity index (χ0v) is 16.2. The van der Waals surface area contributed by atoms with Gasteiger partial charge in [-0.1, -0.05) is 36.4 Å². The highest BCUT2D eigenvalue weighted by molar-refractivity contribution is 5.79. The van der Waals surface area contributed by atoms with Crippen LogP contribution in [-0.2, 0) is 13.1 Å². The van der Waals surface area contributed by atoms with E-state index in [1.807, 2.05) is 41.8 Å². The maximum Gasteiger partial charge on any atom is 0.573 e. The fraction of sp³-hybridized carbons (Fsp3) is 0.250. The van der Waals surface area contributed by atoms with Crippen LogP contribution in [0.2, 0.25) is 0 Å². The molecule has 7 nitrogen and oxygen atoms in total. The average molecular weight is 418 g/mol. The maximum atomic E-state index is 12.6. The molecule has 1 heterocycles. The number of aromatic nitrogens is 3.